The van der Waals surface area contributed by atoms with Gasteiger partial charge in [-0.05, 0) is 48.2 Å². The minimum absolute atomic E-state index is 0.134. The van der Waals surface area contributed by atoms with Crippen LogP contribution in [0.25, 0.3) is 0 Å². The normalized spacial score (nSPS) is 11.5. The topological polar surface area (TPSA) is 38.3 Å². The van der Waals surface area contributed by atoms with E-state index in [-0.39, 0.29) is 18.0 Å². The van der Waals surface area contributed by atoms with Crippen molar-refractivity contribution in [2.24, 2.45) is 0 Å². The molecule has 0 fully saturated rings. The zero-order valence-electron chi connectivity index (χ0n) is 14.8. The number of amides is 1. The minimum Gasteiger partial charge on any atom is -0.494 e. The van der Waals surface area contributed by atoms with Gasteiger partial charge in [-0.1, -0.05) is 32.0 Å². The van der Waals surface area contributed by atoms with Crippen molar-refractivity contribution in [3.05, 3.63) is 59.7 Å². The van der Waals surface area contributed by atoms with Crippen molar-refractivity contribution in [1.82, 2.24) is 0 Å². The number of carbonyl (C=O) groups is 1. The second kappa shape index (κ2) is 8.74. The van der Waals surface area contributed by atoms with Gasteiger partial charge in [-0.25, -0.2) is 0 Å². The first kappa shape index (κ1) is 19.8. The van der Waals surface area contributed by atoms with Gasteiger partial charge < -0.3 is 10.1 Å². The largest absolute Gasteiger partial charge is 0.494 e. The van der Waals surface area contributed by atoms with Crippen LogP contribution in [0.3, 0.4) is 0 Å². The number of carbonyl (C=O) groups excluding carboxylic acids is 1. The Morgan fingerprint density at radius 1 is 1.12 bits per heavy atom. The van der Waals surface area contributed by atoms with Crippen LogP contribution < -0.4 is 10.1 Å². The highest BCUT2D eigenvalue weighted by molar-refractivity contribution is 5.90. The molecule has 0 saturated carbocycles. The Labute approximate surface area is 151 Å². The number of hydrogen-bond acceptors (Lipinski definition) is 2. The van der Waals surface area contributed by atoms with Gasteiger partial charge in [-0.15, -0.1) is 0 Å². The van der Waals surface area contributed by atoms with Crippen LogP contribution in [-0.4, -0.2) is 12.5 Å². The Kier molecular flexibility index (Phi) is 6.66. The van der Waals surface area contributed by atoms with E-state index in [0.717, 1.165) is 17.9 Å². The summed E-state index contributed by atoms with van der Waals surface area (Å²) in [5, 5.41) is 2.48. The van der Waals surface area contributed by atoms with Crippen LogP contribution in [0.4, 0.5) is 18.9 Å². The Bertz CT molecular complexity index is 725. The summed E-state index contributed by atoms with van der Waals surface area (Å²) in [6.45, 7) is 4.58. The molecular formula is C20H22F3NO2. The maximum atomic E-state index is 12.7. The average Bonchev–Trinajstić information content (AvgIpc) is 2.58. The summed E-state index contributed by atoms with van der Waals surface area (Å²) in [6, 6.07) is 12.4. The molecule has 0 bridgehead atoms. The molecule has 2 rings (SSSR count). The molecular weight excluding hydrogens is 343 g/mol. The van der Waals surface area contributed by atoms with E-state index < -0.39 is 11.7 Å². The second-order valence-electron chi connectivity index (χ2n) is 6.30. The van der Waals surface area contributed by atoms with Gasteiger partial charge in [-0.2, -0.15) is 13.2 Å². The standard InChI is InChI=1S/C20H22F3NO2/c1-14(2)15-8-10-18(11-9-15)26-12-4-7-19(25)24-17-6-3-5-16(13-17)20(21,22)23/h3,5-6,8-11,13-14H,4,7,12H2,1-2H3,(H,24,25). The van der Waals surface area contributed by atoms with Crippen molar-refractivity contribution in [3.63, 3.8) is 0 Å². The molecule has 140 valence electrons. The van der Waals surface area contributed by atoms with Crippen LogP contribution in [0.2, 0.25) is 0 Å². The Hall–Kier alpha value is -2.50. The third-order valence-electron chi connectivity index (χ3n) is 3.84. The van der Waals surface area contributed by atoms with Gasteiger partial charge in [0.05, 0.1) is 12.2 Å². The predicted molar refractivity (Wildman–Crippen MR) is 95.3 cm³/mol. The Morgan fingerprint density at radius 2 is 1.81 bits per heavy atom. The average molecular weight is 365 g/mol. The van der Waals surface area contributed by atoms with Gasteiger partial charge in [0.2, 0.25) is 5.91 Å². The molecule has 0 radical (unpaired) electrons. The molecule has 0 aliphatic carbocycles. The molecule has 1 amide bonds. The second-order valence-corrected chi connectivity index (χ2v) is 6.30. The number of alkyl halides is 3. The molecule has 2 aromatic rings. The van der Waals surface area contributed by atoms with Crippen molar-refractivity contribution < 1.29 is 22.7 Å². The summed E-state index contributed by atoms with van der Waals surface area (Å²) in [5.74, 6) is 0.833. The van der Waals surface area contributed by atoms with Crippen LogP contribution in [0.15, 0.2) is 48.5 Å². The van der Waals surface area contributed by atoms with E-state index in [2.05, 4.69) is 19.2 Å². The zero-order chi connectivity index (χ0) is 19.2. The fourth-order valence-electron chi connectivity index (χ4n) is 2.37. The summed E-state index contributed by atoms with van der Waals surface area (Å²) >= 11 is 0. The van der Waals surface area contributed by atoms with Gasteiger partial charge >= 0.3 is 6.18 Å². The molecule has 1 N–H and O–H groups in total. The van der Waals surface area contributed by atoms with Crippen LogP contribution in [-0.2, 0) is 11.0 Å². The highest BCUT2D eigenvalue weighted by atomic mass is 19.4. The summed E-state index contributed by atoms with van der Waals surface area (Å²) in [7, 11) is 0. The molecule has 0 unspecified atom stereocenters. The first-order valence-corrected chi connectivity index (χ1v) is 8.45. The van der Waals surface area contributed by atoms with Crippen LogP contribution in [0.1, 0.15) is 43.7 Å². The lowest BCUT2D eigenvalue weighted by Gasteiger charge is -2.10. The fraction of sp³-hybridized carbons (Fsp3) is 0.350. The lowest BCUT2D eigenvalue weighted by atomic mass is 10.0. The molecule has 0 aliphatic rings. The summed E-state index contributed by atoms with van der Waals surface area (Å²) in [6.07, 6.45) is -3.79. The smallest absolute Gasteiger partial charge is 0.416 e. The molecule has 6 heteroatoms. The van der Waals surface area contributed by atoms with Crippen molar-refractivity contribution >= 4 is 11.6 Å². The minimum atomic E-state index is -4.43. The number of benzene rings is 2. The lowest BCUT2D eigenvalue weighted by Crippen LogP contribution is -2.14. The number of halogens is 3. The lowest BCUT2D eigenvalue weighted by molar-refractivity contribution is -0.137. The van der Waals surface area contributed by atoms with E-state index in [1.807, 2.05) is 24.3 Å². The molecule has 3 nitrogen and oxygen atoms in total. The maximum Gasteiger partial charge on any atom is 0.416 e. The van der Waals surface area contributed by atoms with Crippen molar-refractivity contribution in [1.29, 1.82) is 0 Å². The third kappa shape index (κ3) is 6.10. The van der Waals surface area contributed by atoms with E-state index in [9.17, 15) is 18.0 Å². The predicted octanol–water partition coefficient (Wildman–Crippen LogP) is 5.63. The van der Waals surface area contributed by atoms with Gasteiger partial charge in [0, 0.05) is 12.1 Å². The van der Waals surface area contributed by atoms with Crippen LogP contribution in [0, 0.1) is 0 Å². The van der Waals surface area contributed by atoms with E-state index in [1.165, 1.54) is 17.7 Å². The molecule has 0 saturated heterocycles. The molecule has 0 aromatic heterocycles. The number of hydrogen-bond donors (Lipinski definition) is 1. The summed E-state index contributed by atoms with van der Waals surface area (Å²) < 4.78 is 43.5. The molecule has 26 heavy (non-hydrogen) atoms. The maximum absolute atomic E-state index is 12.7. The van der Waals surface area contributed by atoms with E-state index in [0.29, 0.717) is 18.9 Å². The molecule has 0 heterocycles. The van der Waals surface area contributed by atoms with Gasteiger partial charge in [0.15, 0.2) is 0 Å². The number of anilines is 1. The Morgan fingerprint density at radius 3 is 2.42 bits per heavy atom. The highest BCUT2D eigenvalue weighted by Gasteiger charge is 2.30. The Balaban J connectivity index is 1.75. The summed E-state index contributed by atoms with van der Waals surface area (Å²) in [5.41, 5.74) is 0.566. The fourth-order valence-corrected chi connectivity index (χ4v) is 2.37. The SMILES string of the molecule is CC(C)c1ccc(OCCCC(=O)Nc2cccc(C(F)(F)F)c2)cc1. The first-order chi connectivity index (χ1) is 12.3. The van der Waals surface area contributed by atoms with E-state index in [1.54, 1.807) is 0 Å². The van der Waals surface area contributed by atoms with Crippen molar-refractivity contribution in [2.75, 3.05) is 11.9 Å². The van der Waals surface area contributed by atoms with Crippen molar-refractivity contribution in [2.45, 2.75) is 38.8 Å². The van der Waals surface area contributed by atoms with Crippen LogP contribution >= 0.6 is 0 Å². The number of ether oxygens (including phenoxy) is 1. The highest BCUT2D eigenvalue weighted by Crippen LogP contribution is 2.30. The summed E-state index contributed by atoms with van der Waals surface area (Å²) in [4.78, 5) is 11.9. The zero-order valence-corrected chi connectivity index (χ0v) is 14.8. The van der Waals surface area contributed by atoms with E-state index >= 15 is 0 Å². The number of nitrogens with one attached hydrogen (secondary N) is 1. The molecule has 0 atom stereocenters. The third-order valence-corrected chi connectivity index (χ3v) is 3.84. The number of rotatable bonds is 7. The van der Waals surface area contributed by atoms with Gasteiger partial charge in [-0.3, -0.25) is 4.79 Å². The molecule has 2 aromatic carbocycles. The van der Waals surface area contributed by atoms with Gasteiger partial charge in [0.25, 0.3) is 0 Å². The molecule has 0 spiro atoms. The quantitative estimate of drug-likeness (QED) is 0.646. The first-order valence-electron chi connectivity index (χ1n) is 8.45. The monoisotopic (exact) mass is 365 g/mol. The molecule has 0 aliphatic heterocycles. The van der Waals surface area contributed by atoms with Gasteiger partial charge in [0.1, 0.15) is 5.75 Å². The van der Waals surface area contributed by atoms with Crippen molar-refractivity contribution in [3.8, 4) is 5.75 Å². The van der Waals surface area contributed by atoms with E-state index in [4.69, 9.17) is 4.74 Å². The van der Waals surface area contributed by atoms with Crippen LogP contribution in [0.5, 0.6) is 5.75 Å².